The number of rotatable bonds is 6. The number of halogens is 2. The van der Waals surface area contributed by atoms with Crippen molar-refractivity contribution in [3.8, 4) is 5.75 Å². The van der Waals surface area contributed by atoms with E-state index in [0.717, 1.165) is 11.6 Å². The van der Waals surface area contributed by atoms with Crippen molar-refractivity contribution in [2.45, 2.75) is 11.8 Å². The Labute approximate surface area is 182 Å². The summed E-state index contributed by atoms with van der Waals surface area (Å²) in [6.07, 6.45) is 0. The lowest BCUT2D eigenvalue weighted by Crippen LogP contribution is -2.16. The fourth-order valence-electron chi connectivity index (χ4n) is 2.63. The maximum atomic E-state index is 14.0. The van der Waals surface area contributed by atoms with Gasteiger partial charge >= 0.3 is 0 Å². The van der Waals surface area contributed by atoms with E-state index in [4.69, 9.17) is 4.74 Å². The molecule has 156 valence electrons. The molecule has 2 N–H and O–H groups in total. The van der Waals surface area contributed by atoms with Crippen LogP contribution < -0.4 is 14.8 Å². The molecule has 30 heavy (non-hydrogen) atoms. The molecule has 0 saturated carbocycles. The third-order valence-corrected chi connectivity index (χ3v) is 6.08. The quantitative estimate of drug-likeness (QED) is 0.509. The number of hydrogen-bond donors (Lipinski definition) is 2. The van der Waals surface area contributed by atoms with Crippen molar-refractivity contribution in [1.29, 1.82) is 0 Å². The number of benzene rings is 3. The predicted molar refractivity (Wildman–Crippen MR) is 117 cm³/mol. The lowest BCUT2D eigenvalue weighted by atomic mass is 10.1. The molecule has 0 aliphatic rings. The van der Waals surface area contributed by atoms with Crippen LogP contribution in [0.5, 0.6) is 5.75 Å². The Morgan fingerprint density at radius 3 is 2.33 bits per heavy atom. The van der Waals surface area contributed by atoms with E-state index in [1.165, 1.54) is 37.4 Å². The molecule has 3 aromatic rings. The third-order valence-electron chi connectivity index (χ3n) is 4.22. The second-order valence-corrected chi connectivity index (χ2v) is 9.01. The topological polar surface area (TPSA) is 84.5 Å². The summed E-state index contributed by atoms with van der Waals surface area (Å²) in [5.41, 5.74) is 1.39. The van der Waals surface area contributed by atoms with Crippen LogP contribution in [0.4, 0.5) is 15.8 Å². The number of carbonyl (C=O) groups excluding carboxylic acids is 1. The summed E-state index contributed by atoms with van der Waals surface area (Å²) in [7, 11) is -2.71. The Morgan fingerprint density at radius 1 is 1.00 bits per heavy atom. The molecule has 0 bridgehead atoms. The van der Waals surface area contributed by atoms with E-state index < -0.39 is 21.7 Å². The summed E-state index contributed by atoms with van der Waals surface area (Å²) in [6.45, 7) is 1.90. The van der Waals surface area contributed by atoms with Gasteiger partial charge < -0.3 is 10.1 Å². The molecule has 0 unspecified atom stereocenters. The van der Waals surface area contributed by atoms with Gasteiger partial charge in [-0.1, -0.05) is 33.6 Å². The molecule has 0 aromatic heterocycles. The van der Waals surface area contributed by atoms with Crippen molar-refractivity contribution >= 4 is 43.2 Å². The number of anilines is 2. The summed E-state index contributed by atoms with van der Waals surface area (Å²) in [6, 6.07) is 14.9. The van der Waals surface area contributed by atoms with Gasteiger partial charge in [0.2, 0.25) is 0 Å². The zero-order valence-corrected chi connectivity index (χ0v) is 18.5. The second kappa shape index (κ2) is 8.85. The summed E-state index contributed by atoms with van der Waals surface area (Å²) < 4.78 is 47.4. The van der Waals surface area contributed by atoms with Crippen LogP contribution in [0.1, 0.15) is 15.9 Å². The molecule has 0 atom stereocenters. The normalized spacial score (nSPS) is 11.1. The van der Waals surface area contributed by atoms with E-state index in [9.17, 15) is 17.6 Å². The van der Waals surface area contributed by atoms with Crippen LogP contribution in [0.3, 0.4) is 0 Å². The molecule has 3 rings (SSSR count). The largest absolute Gasteiger partial charge is 0.495 e. The number of methoxy groups -OCH3 is 1. The zero-order valence-electron chi connectivity index (χ0n) is 16.1. The van der Waals surface area contributed by atoms with Gasteiger partial charge in [-0.3, -0.25) is 9.52 Å². The van der Waals surface area contributed by atoms with Crippen LogP contribution in [-0.2, 0) is 10.0 Å². The summed E-state index contributed by atoms with van der Waals surface area (Å²) in [4.78, 5) is 12.4. The minimum absolute atomic E-state index is 0.162. The maximum absolute atomic E-state index is 14.0. The molecule has 0 fully saturated rings. The summed E-state index contributed by atoms with van der Waals surface area (Å²) >= 11 is 3.12. The lowest BCUT2D eigenvalue weighted by Gasteiger charge is -2.14. The number of carbonyl (C=O) groups is 1. The Kier molecular flexibility index (Phi) is 6.42. The van der Waals surface area contributed by atoms with Crippen molar-refractivity contribution in [3.05, 3.63) is 82.1 Å². The van der Waals surface area contributed by atoms with Gasteiger partial charge in [0.05, 0.1) is 23.4 Å². The van der Waals surface area contributed by atoms with Gasteiger partial charge in [-0.15, -0.1) is 0 Å². The van der Waals surface area contributed by atoms with Gasteiger partial charge in [0.15, 0.2) is 0 Å². The van der Waals surface area contributed by atoms with Crippen molar-refractivity contribution in [1.82, 2.24) is 0 Å². The van der Waals surface area contributed by atoms with E-state index in [1.807, 2.05) is 6.92 Å². The molecule has 0 heterocycles. The van der Waals surface area contributed by atoms with Crippen molar-refractivity contribution < 1.29 is 22.3 Å². The van der Waals surface area contributed by atoms with E-state index in [1.54, 1.807) is 24.3 Å². The van der Waals surface area contributed by atoms with Gasteiger partial charge in [0.25, 0.3) is 15.9 Å². The fraction of sp³-hybridized carbons (Fsp3) is 0.0952. The predicted octanol–water partition coefficient (Wildman–Crippen LogP) is 4.96. The van der Waals surface area contributed by atoms with Gasteiger partial charge in [-0.05, 0) is 55.5 Å². The molecule has 0 aliphatic carbocycles. The first-order valence-electron chi connectivity index (χ1n) is 8.73. The van der Waals surface area contributed by atoms with E-state index in [0.29, 0.717) is 10.0 Å². The van der Waals surface area contributed by atoms with Gasteiger partial charge in [0.1, 0.15) is 11.6 Å². The Hall–Kier alpha value is -2.91. The smallest absolute Gasteiger partial charge is 0.262 e. The van der Waals surface area contributed by atoms with Gasteiger partial charge in [-0.25, -0.2) is 12.8 Å². The van der Waals surface area contributed by atoms with Crippen molar-refractivity contribution in [3.63, 3.8) is 0 Å². The molecule has 6 nitrogen and oxygen atoms in total. The third kappa shape index (κ3) is 4.98. The standard InChI is InChI=1S/C21H18BrFN2O4S/c1-13-3-5-14(6-4-13)21(26)24-19-12-16(8-10-20(19)29-2)30(27,28)25-18-9-7-15(22)11-17(18)23/h3-12,25H,1-2H3,(H,24,26). The number of nitrogens with one attached hydrogen (secondary N) is 2. The molecule has 0 aliphatic heterocycles. The van der Waals surface area contributed by atoms with E-state index in [2.05, 4.69) is 26.0 Å². The average Bonchev–Trinajstić information content (AvgIpc) is 2.70. The molecule has 3 aromatic carbocycles. The SMILES string of the molecule is COc1ccc(S(=O)(=O)Nc2ccc(Br)cc2F)cc1NC(=O)c1ccc(C)cc1. The summed E-state index contributed by atoms with van der Waals surface area (Å²) in [5, 5.41) is 2.66. The number of ether oxygens (including phenoxy) is 1. The Morgan fingerprint density at radius 2 is 1.70 bits per heavy atom. The van der Waals surface area contributed by atoms with Crippen LogP contribution >= 0.6 is 15.9 Å². The number of hydrogen-bond acceptors (Lipinski definition) is 4. The fourth-order valence-corrected chi connectivity index (χ4v) is 4.05. The molecular weight excluding hydrogens is 475 g/mol. The number of sulfonamides is 1. The molecule has 1 amide bonds. The minimum atomic E-state index is -4.11. The van der Waals surface area contributed by atoms with Crippen molar-refractivity contribution in [2.75, 3.05) is 17.1 Å². The highest BCUT2D eigenvalue weighted by Gasteiger charge is 2.20. The van der Waals surface area contributed by atoms with Gasteiger partial charge in [0, 0.05) is 10.0 Å². The van der Waals surface area contributed by atoms with E-state index in [-0.39, 0.29) is 22.0 Å². The molecule has 0 spiro atoms. The highest BCUT2D eigenvalue weighted by molar-refractivity contribution is 9.10. The highest BCUT2D eigenvalue weighted by atomic mass is 79.9. The van der Waals surface area contributed by atoms with Crippen molar-refractivity contribution in [2.24, 2.45) is 0 Å². The summed E-state index contributed by atoms with van der Waals surface area (Å²) in [5.74, 6) is -0.867. The zero-order chi connectivity index (χ0) is 21.9. The second-order valence-electron chi connectivity index (χ2n) is 6.41. The number of amides is 1. The maximum Gasteiger partial charge on any atom is 0.262 e. The van der Waals surface area contributed by atoms with Crippen LogP contribution in [0.15, 0.2) is 70.0 Å². The molecule has 9 heteroatoms. The minimum Gasteiger partial charge on any atom is -0.495 e. The van der Waals surface area contributed by atoms with Gasteiger partial charge in [-0.2, -0.15) is 0 Å². The average molecular weight is 493 g/mol. The first kappa shape index (κ1) is 21.8. The van der Waals surface area contributed by atoms with Crippen LogP contribution in [0.25, 0.3) is 0 Å². The Balaban J connectivity index is 1.91. The number of aryl methyl sites for hydroxylation is 1. The van der Waals surface area contributed by atoms with E-state index >= 15 is 0 Å². The van der Waals surface area contributed by atoms with Crippen LogP contribution in [0, 0.1) is 12.7 Å². The molecule has 0 saturated heterocycles. The Bertz CT molecular complexity index is 1200. The first-order valence-corrected chi connectivity index (χ1v) is 11.0. The van der Waals surface area contributed by atoms with Crippen LogP contribution in [-0.4, -0.2) is 21.4 Å². The molecule has 0 radical (unpaired) electrons. The van der Waals surface area contributed by atoms with Crippen LogP contribution in [0.2, 0.25) is 0 Å². The first-order chi connectivity index (χ1) is 14.2. The highest BCUT2D eigenvalue weighted by Crippen LogP contribution is 2.30. The lowest BCUT2D eigenvalue weighted by molar-refractivity contribution is 0.102. The monoisotopic (exact) mass is 492 g/mol. The molecular formula is C21H18BrFN2O4S.